The maximum Gasteiger partial charge on any atom is 0.336 e. The molecule has 4 heteroatoms. The molecular weight excluding hydrogens is 232 g/mol. The third-order valence-corrected chi connectivity index (χ3v) is 2.64. The van der Waals surface area contributed by atoms with Crippen molar-refractivity contribution in [3.8, 4) is 5.75 Å². The smallest absolute Gasteiger partial charge is 0.336 e. The van der Waals surface area contributed by atoms with Gasteiger partial charge in [0.15, 0.2) is 0 Å². The number of carboxylic acids is 1. The maximum absolute atomic E-state index is 11.2. The Bertz CT molecular complexity index is 464. The van der Waals surface area contributed by atoms with E-state index in [0.29, 0.717) is 35.3 Å². The number of aromatic carboxylic acids is 1. The SMILES string of the molecule is C=CC(=O)Oc1cc(CC)c(C(=O)O)c(CC)c1. The van der Waals surface area contributed by atoms with E-state index in [0.717, 1.165) is 6.08 Å². The number of hydrogen-bond donors (Lipinski definition) is 1. The van der Waals surface area contributed by atoms with Crippen LogP contribution in [0.1, 0.15) is 35.3 Å². The molecule has 0 radical (unpaired) electrons. The number of aryl methyl sites for hydroxylation is 2. The Morgan fingerprint density at radius 3 is 2.11 bits per heavy atom. The van der Waals surface area contributed by atoms with Crippen molar-refractivity contribution in [3.05, 3.63) is 41.5 Å². The number of carbonyl (C=O) groups is 2. The fourth-order valence-corrected chi connectivity index (χ4v) is 1.78. The molecule has 1 aromatic carbocycles. The van der Waals surface area contributed by atoms with Gasteiger partial charge in [-0.1, -0.05) is 20.4 Å². The van der Waals surface area contributed by atoms with Gasteiger partial charge in [-0.15, -0.1) is 0 Å². The molecule has 0 fully saturated rings. The highest BCUT2D eigenvalue weighted by molar-refractivity contribution is 5.92. The molecule has 18 heavy (non-hydrogen) atoms. The number of ether oxygens (including phenoxy) is 1. The standard InChI is InChI=1S/C14H16O4/c1-4-9-7-11(18-12(15)6-3)8-10(5-2)13(9)14(16)17/h6-8H,3-5H2,1-2H3,(H,16,17). The van der Waals surface area contributed by atoms with Crippen LogP contribution < -0.4 is 4.74 Å². The molecule has 0 spiro atoms. The van der Waals surface area contributed by atoms with Crippen LogP contribution in [-0.4, -0.2) is 17.0 Å². The van der Waals surface area contributed by atoms with Gasteiger partial charge in [0.05, 0.1) is 5.56 Å². The third-order valence-electron chi connectivity index (χ3n) is 2.64. The van der Waals surface area contributed by atoms with E-state index in [9.17, 15) is 14.7 Å². The van der Waals surface area contributed by atoms with Gasteiger partial charge in [0.25, 0.3) is 0 Å². The van der Waals surface area contributed by atoms with E-state index in [-0.39, 0.29) is 0 Å². The lowest BCUT2D eigenvalue weighted by Crippen LogP contribution is -2.09. The number of esters is 1. The number of carbonyl (C=O) groups excluding carboxylic acids is 1. The van der Waals surface area contributed by atoms with E-state index in [1.807, 2.05) is 13.8 Å². The fraction of sp³-hybridized carbons (Fsp3) is 0.286. The summed E-state index contributed by atoms with van der Waals surface area (Å²) in [6, 6.07) is 3.17. The summed E-state index contributed by atoms with van der Waals surface area (Å²) < 4.78 is 5.03. The largest absolute Gasteiger partial charge is 0.478 e. The lowest BCUT2D eigenvalue weighted by atomic mass is 9.97. The summed E-state index contributed by atoms with van der Waals surface area (Å²) in [5.74, 6) is -1.15. The van der Waals surface area contributed by atoms with Gasteiger partial charge in [-0.3, -0.25) is 0 Å². The molecule has 0 bridgehead atoms. The van der Waals surface area contributed by atoms with Crippen molar-refractivity contribution in [1.29, 1.82) is 0 Å². The minimum absolute atomic E-state index is 0.304. The lowest BCUT2D eigenvalue weighted by Gasteiger charge is -2.12. The fourth-order valence-electron chi connectivity index (χ4n) is 1.78. The maximum atomic E-state index is 11.2. The minimum Gasteiger partial charge on any atom is -0.478 e. The highest BCUT2D eigenvalue weighted by Crippen LogP contribution is 2.24. The predicted octanol–water partition coefficient (Wildman–Crippen LogP) is 2.60. The molecule has 0 aromatic heterocycles. The zero-order chi connectivity index (χ0) is 13.7. The first kappa shape index (κ1) is 14.0. The zero-order valence-electron chi connectivity index (χ0n) is 10.5. The van der Waals surface area contributed by atoms with Crippen LogP contribution in [-0.2, 0) is 17.6 Å². The van der Waals surface area contributed by atoms with Crippen molar-refractivity contribution in [1.82, 2.24) is 0 Å². The van der Waals surface area contributed by atoms with Crippen LogP contribution >= 0.6 is 0 Å². The van der Waals surface area contributed by atoms with Crippen molar-refractivity contribution < 1.29 is 19.4 Å². The number of hydrogen-bond acceptors (Lipinski definition) is 3. The van der Waals surface area contributed by atoms with Crippen LogP contribution in [0.25, 0.3) is 0 Å². The first-order valence-corrected chi connectivity index (χ1v) is 5.76. The molecule has 1 N–H and O–H groups in total. The van der Waals surface area contributed by atoms with Gasteiger partial charge < -0.3 is 9.84 Å². The van der Waals surface area contributed by atoms with E-state index in [1.165, 1.54) is 0 Å². The van der Waals surface area contributed by atoms with Gasteiger partial charge >= 0.3 is 11.9 Å². The molecule has 1 aromatic rings. The van der Waals surface area contributed by atoms with E-state index in [4.69, 9.17) is 4.74 Å². The van der Waals surface area contributed by atoms with E-state index in [1.54, 1.807) is 12.1 Å². The molecule has 0 atom stereocenters. The van der Waals surface area contributed by atoms with Gasteiger partial charge in [-0.05, 0) is 36.1 Å². The third kappa shape index (κ3) is 2.97. The van der Waals surface area contributed by atoms with E-state index >= 15 is 0 Å². The Hall–Kier alpha value is -2.10. The summed E-state index contributed by atoms with van der Waals surface area (Å²) in [5.41, 5.74) is 1.63. The normalized spacial score (nSPS) is 9.89. The summed E-state index contributed by atoms with van der Waals surface area (Å²) in [7, 11) is 0. The second-order valence-electron chi connectivity index (χ2n) is 3.75. The van der Waals surface area contributed by atoms with Gasteiger partial charge in [-0.2, -0.15) is 0 Å². The second kappa shape index (κ2) is 6.00. The minimum atomic E-state index is -0.953. The summed E-state index contributed by atoms with van der Waals surface area (Å²) in [6.07, 6.45) is 2.20. The average molecular weight is 248 g/mol. The van der Waals surface area contributed by atoms with Gasteiger partial charge in [-0.25, -0.2) is 9.59 Å². The van der Waals surface area contributed by atoms with E-state index < -0.39 is 11.9 Å². The molecule has 0 aliphatic carbocycles. The summed E-state index contributed by atoms with van der Waals surface area (Å²) in [6.45, 7) is 7.04. The second-order valence-corrected chi connectivity index (χ2v) is 3.75. The quantitative estimate of drug-likeness (QED) is 0.494. The molecule has 4 nitrogen and oxygen atoms in total. The lowest BCUT2D eigenvalue weighted by molar-refractivity contribution is -0.128. The molecule has 0 aliphatic rings. The zero-order valence-corrected chi connectivity index (χ0v) is 10.5. The van der Waals surface area contributed by atoms with Gasteiger partial charge in [0.2, 0.25) is 0 Å². The highest BCUT2D eigenvalue weighted by atomic mass is 16.5. The topological polar surface area (TPSA) is 63.6 Å². The molecule has 96 valence electrons. The van der Waals surface area contributed by atoms with Crippen LogP contribution in [0.15, 0.2) is 24.8 Å². The van der Waals surface area contributed by atoms with Crippen LogP contribution in [0.3, 0.4) is 0 Å². The summed E-state index contributed by atoms with van der Waals surface area (Å²) in [4.78, 5) is 22.4. The number of carboxylic acid groups (broad SMARTS) is 1. The molecular formula is C14H16O4. The first-order valence-electron chi connectivity index (χ1n) is 5.76. The van der Waals surface area contributed by atoms with Crippen LogP contribution in [0, 0.1) is 0 Å². The molecule has 0 heterocycles. The Balaban J connectivity index is 3.30. The van der Waals surface area contributed by atoms with Crippen molar-refractivity contribution in [3.63, 3.8) is 0 Å². The van der Waals surface area contributed by atoms with Crippen molar-refractivity contribution in [2.75, 3.05) is 0 Å². The molecule has 0 aliphatic heterocycles. The number of benzene rings is 1. The van der Waals surface area contributed by atoms with Gasteiger partial charge in [0, 0.05) is 6.08 Å². The van der Waals surface area contributed by atoms with Crippen molar-refractivity contribution in [2.45, 2.75) is 26.7 Å². The molecule has 1 rings (SSSR count). The van der Waals surface area contributed by atoms with Gasteiger partial charge in [0.1, 0.15) is 5.75 Å². The van der Waals surface area contributed by atoms with Crippen LogP contribution in [0.5, 0.6) is 5.75 Å². The van der Waals surface area contributed by atoms with E-state index in [2.05, 4.69) is 6.58 Å². The van der Waals surface area contributed by atoms with Crippen LogP contribution in [0.4, 0.5) is 0 Å². The first-order chi connectivity index (χ1) is 8.53. The Kier molecular flexibility index (Phi) is 4.66. The Morgan fingerprint density at radius 1 is 1.28 bits per heavy atom. The monoisotopic (exact) mass is 248 g/mol. The Labute approximate surface area is 106 Å². The van der Waals surface area contributed by atoms with Crippen LogP contribution in [0.2, 0.25) is 0 Å². The number of rotatable bonds is 5. The van der Waals surface area contributed by atoms with Crippen molar-refractivity contribution >= 4 is 11.9 Å². The molecule has 0 unspecified atom stereocenters. The Morgan fingerprint density at radius 2 is 1.78 bits per heavy atom. The average Bonchev–Trinajstić information content (AvgIpc) is 2.36. The molecule has 0 amide bonds. The summed E-state index contributed by atoms with van der Waals surface area (Å²) >= 11 is 0. The molecule has 0 saturated heterocycles. The molecule has 0 saturated carbocycles. The predicted molar refractivity (Wildman–Crippen MR) is 68.0 cm³/mol. The highest BCUT2D eigenvalue weighted by Gasteiger charge is 2.16. The summed E-state index contributed by atoms with van der Waals surface area (Å²) in [5, 5.41) is 9.20. The van der Waals surface area contributed by atoms with Crippen molar-refractivity contribution in [2.24, 2.45) is 0 Å².